The van der Waals surface area contributed by atoms with Gasteiger partial charge in [0.1, 0.15) is 16.6 Å². The fourth-order valence-corrected chi connectivity index (χ4v) is 7.13. The van der Waals surface area contributed by atoms with Gasteiger partial charge in [0, 0.05) is 40.1 Å². The summed E-state index contributed by atoms with van der Waals surface area (Å²) < 4.78 is 73.5. The molecule has 0 saturated carbocycles. The predicted octanol–water partition coefficient (Wildman–Crippen LogP) is 7.12. The maximum atomic E-state index is 15.4. The van der Waals surface area contributed by atoms with Crippen LogP contribution in [0.15, 0.2) is 24.4 Å². The van der Waals surface area contributed by atoms with Gasteiger partial charge >= 0.3 is 6.18 Å². The van der Waals surface area contributed by atoms with Gasteiger partial charge in [0.05, 0.1) is 10.9 Å². The van der Waals surface area contributed by atoms with E-state index in [0.29, 0.717) is 16.4 Å². The summed E-state index contributed by atoms with van der Waals surface area (Å²) in [5.74, 6) is -0.799. The molecule has 0 spiro atoms. The Labute approximate surface area is 207 Å². The highest BCUT2D eigenvalue weighted by molar-refractivity contribution is 7.90. The summed E-state index contributed by atoms with van der Waals surface area (Å²) in [5.41, 5.74) is 0.158. The summed E-state index contributed by atoms with van der Waals surface area (Å²) in [5, 5.41) is 3.68. The van der Waals surface area contributed by atoms with Crippen LogP contribution in [0.5, 0.6) is 0 Å². The monoisotopic (exact) mass is 533 g/mol. The molecule has 0 aliphatic carbocycles. The van der Waals surface area contributed by atoms with Crippen molar-refractivity contribution >= 4 is 34.3 Å². The van der Waals surface area contributed by atoms with E-state index < -0.39 is 39.8 Å². The summed E-state index contributed by atoms with van der Waals surface area (Å²) >= 11 is 6.23. The van der Waals surface area contributed by atoms with Crippen LogP contribution >= 0.6 is 22.9 Å². The van der Waals surface area contributed by atoms with Crippen molar-refractivity contribution < 1.29 is 22.1 Å². The molecule has 1 aromatic carbocycles. The lowest BCUT2D eigenvalue weighted by molar-refractivity contribution is -0.141. The highest BCUT2D eigenvalue weighted by Gasteiger charge is 2.48. The normalized spacial score (nSPS) is 17.9. The van der Waals surface area contributed by atoms with Gasteiger partial charge in [-0.15, -0.1) is 15.6 Å². The van der Waals surface area contributed by atoms with Gasteiger partial charge in [-0.1, -0.05) is 23.7 Å². The average molecular weight is 534 g/mol. The van der Waals surface area contributed by atoms with Crippen molar-refractivity contribution in [3.63, 3.8) is 0 Å². The van der Waals surface area contributed by atoms with Crippen molar-refractivity contribution in [1.82, 2.24) is 14.1 Å². The number of thiophene rings is 1. The summed E-state index contributed by atoms with van der Waals surface area (Å²) in [6, 6.07) is 3.47. The lowest BCUT2D eigenvalue weighted by Crippen LogP contribution is -2.42. The van der Waals surface area contributed by atoms with E-state index in [9.17, 15) is 17.7 Å². The molecule has 0 saturated heterocycles. The summed E-state index contributed by atoms with van der Waals surface area (Å²) in [6.45, 7) is 9.46. The first kappa shape index (κ1) is 25.5. The zero-order valence-corrected chi connectivity index (χ0v) is 21.6. The van der Waals surface area contributed by atoms with Crippen molar-refractivity contribution in [2.75, 3.05) is 0 Å². The molecular weight excluding hydrogens is 510 g/mol. The van der Waals surface area contributed by atoms with E-state index in [0.717, 1.165) is 26.8 Å². The number of alkyl halides is 3. The Morgan fingerprint density at radius 2 is 1.94 bits per heavy atom. The fraction of sp³-hybridized carbons (Fsp3) is 0.435. The van der Waals surface area contributed by atoms with Crippen LogP contribution in [0.4, 0.5) is 17.6 Å². The average Bonchev–Trinajstić information content (AvgIpc) is 3.39. The molecule has 0 amide bonds. The Bertz CT molecular complexity index is 1230. The molecule has 4 rings (SSSR count). The molecule has 0 bridgehead atoms. The minimum absolute atomic E-state index is 0.190. The minimum atomic E-state index is -4.77. The number of aryl methyl sites for hydroxylation is 1. The van der Waals surface area contributed by atoms with Gasteiger partial charge in [0.15, 0.2) is 5.69 Å². The van der Waals surface area contributed by atoms with Gasteiger partial charge in [0.25, 0.3) is 0 Å². The number of hydrogen-bond donors (Lipinski definition) is 0. The van der Waals surface area contributed by atoms with Gasteiger partial charge in [-0.2, -0.15) is 18.3 Å². The molecule has 1 aliphatic rings. The third-order valence-corrected chi connectivity index (χ3v) is 9.18. The van der Waals surface area contributed by atoms with Crippen LogP contribution in [0.25, 0.3) is 11.1 Å². The van der Waals surface area contributed by atoms with Crippen LogP contribution in [-0.4, -0.2) is 23.4 Å². The number of aromatic nitrogens is 2. The second-order valence-electron chi connectivity index (χ2n) is 9.13. The highest BCUT2D eigenvalue weighted by atomic mass is 35.5. The lowest BCUT2D eigenvalue weighted by atomic mass is 9.91. The van der Waals surface area contributed by atoms with Crippen LogP contribution in [0.1, 0.15) is 61.0 Å². The van der Waals surface area contributed by atoms with E-state index in [1.807, 2.05) is 27.7 Å². The zero-order chi connectivity index (χ0) is 25.2. The highest BCUT2D eigenvalue weighted by Crippen LogP contribution is 2.52. The Hall–Kier alpha value is -1.59. The topological polar surface area (TPSA) is 44.1 Å². The Balaban J connectivity index is 2.00. The van der Waals surface area contributed by atoms with Gasteiger partial charge in [-0.05, 0) is 57.4 Å². The maximum absolute atomic E-state index is 15.4. The molecule has 184 valence electrons. The summed E-state index contributed by atoms with van der Waals surface area (Å²) in [4.78, 5) is 0.876. The first-order valence-corrected chi connectivity index (χ1v) is 13.0. The maximum Gasteiger partial charge on any atom is 0.435 e. The number of halogens is 5. The van der Waals surface area contributed by atoms with Crippen LogP contribution in [-0.2, 0) is 30.6 Å². The standard InChI is InChI=1S/C23H24ClF4N3OS2/c1-6-30-10-14(20(29-30)23(26,27)28)18-13(8-7-9-15(18)25)19-17-12(2)21(24)33-16(17)11-31(19)34(32)22(3,4)5/h7-10,19H,6,11H2,1-5H3. The van der Waals surface area contributed by atoms with E-state index in [2.05, 4.69) is 5.10 Å². The molecule has 0 radical (unpaired) electrons. The first-order valence-electron chi connectivity index (χ1n) is 10.6. The molecule has 2 unspecified atom stereocenters. The second-order valence-corrected chi connectivity index (χ2v) is 13.0. The Morgan fingerprint density at radius 3 is 2.53 bits per heavy atom. The molecular formula is C23H24ClF4N3OS2. The Morgan fingerprint density at radius 1 is 1.26 bits per heavy atom. The van der Waals surface area contributed by atoms with E-state index in [1.165, 1.54) is 23.6 Å². The van der Waals surface area contributed by atoms with Gasteiger partial charge in [-0.25, -0.2) is 4.39 Å². The van der Waals surface area contributed by atoms with E-state index in [-0.39, 0.29) is 17.7 Å². The largest absolute Gasteiger partial charge is 0.597 e. The van der Waals surface area contributed by atoms with Crippen LogP contribution in [0.3, 0.4) is 0 Å². The number of nitrogens with zero attached hydrogens (tertiary/aromatic N) is 3. The van der Waals surface area contributed by atoms with Crippen molar-refractivity contribution in [3.05, 3.63) is 61.8 Å². The molecule has 3 aromatic rings. The first-order chi connectivity index (χ1) is 15.8. The van der Waals surface area contributed by atoms with Gasteiger partial charge in [-0.3, -0.25) is 4.68 Å². The number of rotatable bonds is 4. The van der Waals surface area contributed by atoms with Crippen LogP contribution in [0, 0.1) is 12.7 Å². The quantitative estimate of drug-likeness (QED) is 0.265. The van der Waals surface area contributed by atoms with E-state index >= 15 is 4.39 Å². The molecule has 1 aliphatic heterocycles. The molecule has 11 heteroatoms. The van der Waals surface area contributed by atoms with E-state index in [4.69, 9.17) is 11.6 Å². The number of benzene rings is 1. The number of hydrogen-bond acceptors (Lipinski definition) is 4. The molecule has 34 heavy (non-hydrogen) atoms. The van der Waals surface area contributed by atoms with Crippen molar-refractivity contribution in [2.45, 2.75) is 64.7 Å². The summed E-state index contributed by atoms with van der Waals surface area (Å²) in [7, 11) is 0. The van der Waals surface area contributed by atoms with Crippen LogP contribution in [0.2, 0.25) is 4.34 Å². The molecule has 2 aromatic heterocycles. The van der Waals surface area contributed by atoms with Crippen LogP contribution < -0.4 is 0 Å². The van der Waals surface area contributed by atoms with Crippen molar-refractivity contribution in [1.29, 1.82) is 0 Å². The summed E-state index contributed by atoms with van der Waals surface area (Å²) in [6.07, 6.45) is -3.55. The van der Waals surface area contributed by atoms with Crippen molar-refractivity contribution in [3.8, 4) is 11.1 Å². The minimum Gasteiger partial charge on any atom is -0.597 e. The third-order valence-electron chi connectivity index (χ3n) is 5.77. The molecule has 2 atom stereocenters. The fourth-order valence-electron chi connectivity index (χ4n) is 4.25. The second kappa shape index (κ2) is 8.81. The van der Waals surface area contributed by atoms with E-state index in [1.54, 1.807) is 17.3 Å². The van der Waals surface area contributed by atoms with Gasteiger partial charge < -0.3 is 4.55 Å². The van der Waals surface area contributed by atoms with Crippen molar-refractivity contribution in [2.24, 2.45) is 0 Å². The Kier molecular flexibility index (Phi) is 6.61. The zero-order valence-electron chi connectivity index (χ0n) is 19.3. The third kappa shape index (κ3) is 4.28. The SMILES string of the molecule is CCn1cc(-c2c(F)cccc2C2c3c(sc(Cl)c3C)CN2[S+]([O-])C(C)(C)C)c(C(F)(F)F)n1. The predicted molar refractivity (Wildman–Crippen MR) is 128 cm³/mol. The smallest absolute Gasteiger partial charge is 0.435 e. The molecule has 0 N–H and O–H groups in total. The van der Waals surface area contributed by atoms with Gasteiger partial charge in [0.2, 0.25) is 0 Å². The number of fused-ring (bicyclic) bond motifs is 1. The molecule has 0 fully saturated rings. The molecule has 3 heterocycles. The molecule has 4 nitrogen and oxygen atoms in total. The lowest BCUT2D eigenvalue weighted by Gasteiger charge is -2.34.